The molecule has 4 fully saturated rings. The van der Waals surface area contributed by atoms with Crippen LogP contribution < -0.4 is 0 Å². The zero-order valence-corrected chi connectivity index (χ0v) is 22.9. The van der Waals surface area contributed by atoms with E-state index in [0.29, 0.717) is 24.5 Å². The molecule has 0 aromatic rings. The number of fused-ring (bicyclic) bond motifs is 5. The lowest BCUT2D eigenvalue weighted by molar-refractivity contribution is -0.201. The van der Waals surface area contributed by atoms with Crippen molar-refractivity contribution >= 4 is 39.3 Å². The summed E-state index contributed by atoms with van der Waals surface area (Å²) in [7, 11) is 3.86. The van der Waals surface area contributed by atoms with Crippen LogP contribution in [0, 0.1) is 28.6 Å². The maximum Gasteiger partial charge on any atom is 0.348 e. The Labute approximate surface area is 221 Å². The minimum Gasteiger partial charge on any atom is -0.508 e. The van der Waals surface area contributed by atoms with E-state index in [4.69, 9.17) is 4.74 Å². The first-order valence-corrected chi connectivity index (χ1v) is 15.9. The summed E-state index contributed by atoms with van der Waals surface area (Å²) in [6, 6.07) is 0. The number of carbonyl (C=O) groups is 3. The van der Waals surface area contributed by atoms with Crippen molar-refractivity contribution < 1.29 is 29.3 Å². The molecule has 8 heteroatoms. The zero-order chi connectivity index (χ0) is 25.7. The molecule has 0 bridgehead atoms. The van der Waals surface area contributed by atoms with Gasteiger partial charge in [-0.1, -0.05) is 40.5 Å². The Hall–Kier alpha value is -1.41. The topological polar surface area (TPSA) is 101 Å². The van der Waals surface area contributed by atoms with E-state index >= 15 is 0 Å². The van der Waals surface area contributed by atoms with Crippen LogP contribution in [0.15, 0.2) is 23.5 Å². The van der Waals surface area contributed by atoms with Crippen LogP contribution in [0.4, 0.5) is 0 Å². The number of hydrogen-bond acceptors (Lipinski definition) is 7. The lowest BCUT2D eigenvalue weighted by Crippen LogP contribution is -2.59. The molecule has 0 aromatic carbocycles. The molecule has 1 heterocycles. The molecule has 6 nitrogen and oxygen atoms in total. The van der Waals surface area contributed by atoms with Crippen molar-refractivity contribution in [1.82, 2.24) is 0 Å². The van der Waals surface area contributed by atoms with Gasteiger partial charge >= 0.3 is 11.9 Å². The van der Waals surface area contributed by atoms with Gasteiger partial charge in [0.25, 0.3) is 0 Å². The molecule has 0 amide bonds. The van der Waals surface area contributed by atoms with E-state index in [-0.39, 0.29) is 35.7 Å². The summed E-state index contributed by atoms with van der Waals surface area (Å²) in [6.45, 7) is 4.02. The van der Waals surface area contributed by atoms with Crippen molar-refractivity contribution in [2.24, 2.45) is 28.6 Å². The number of rotatable bonds is 7. The normalized spacial score (nSPS) is 41.6. The largest absolute Gasteiger partial charge is 0.508 e. The third-order valence-corrected chi connectivity index (χ3v) is 13.3. The maximum absolute atomic E-state index is 13.1. The highest BCUT2D eigenvalue weighted by Gasteiger charge is 2.69. The molecule has 36 heavy (non-hydrogen) atoms. The number of carbonyl (C=O) groups excluding carboxylic acids is 2. The van der Waals surface area contributed by atoms with Crippen LogP contribution in [0.3, 0.4) is 0 Å². The number of aliphatic hydroxyl groups excluding tert-OH is 1. The fourth-order valence-electron chi connectivity index (χ4n) is 8.31. The predicted molar refractivity (Wildman–Crippen MR) is 142 cm³/mol. The highest BCUT2D eigenvalue weighted by Crippen LogP contribution is 2.67. The lowest BCUT2D eigenvalue weighted by atomic mass is 9.46. The molecule has 0 spiro atoms. The van der Waals surface area contributed by atoms with Crippen molar-refractivity contribution in [2.45, 2.75) is 95.3 Å². The van der Waals surface area contributed by atoms with Gasteiger partial charge in [-0.25, -0.2) is 4.79 Å². The standard InChI is InChI=1S/C28H38O6S2/c1-26-12-9-22-20(8-7-17-15-18(29)16-23(30)27(17,22)2)21(26)10-13-28(26,25(32)33)34-24(31)6-4-3-5-19-11-14-35-36-19/h15-16,19-22,29H,3-14H2,1-2H3,(H,32,33)/t19-,20?,21?,22?,26?,27?,28?/m1/s1. The molecule has 3 saturated carbocycles. The summed E-state index contributed by atoms with van der Waals surface area (Å²) in [4.78, 5) is 38.9. The minimum atomic E-state index is -1.50. The van der Waals surface area contributed by atoms with Crippen LogP contribution >= 0.6 is 21.6 Å². The number of allylic oxidation sites excluding steroid dienone is 3. The van der Waals surface area contributed by atoms with E-state index in [1.165, 1.54) is 18.2 Å². The summed E-state index contributed by atoms with van der Waals surface area (Å²) in [6.07, 6.45) is 11.3. The highest BCUT2D eigenvalue weighted by molar-refractivity contribution is 8.77. The maximum atomic E-state index is 13.1. The summed E-state index contributed by atoms with van der Waals surface area (Å²) < 4.78 is 5.98. The average Bonchev–Trinajstić information content (AvgIpc) is 3.44. The Morgan fingerprint density at radius 3 is 2.58 bits per heavy atom. The fourth-order valence-corrected chi connectivity index (χ4v) is 11.3. The van der Waals surface area contributed by atoms with Gasteiger partial charge in [-0.2, -0.15) is 0 Å². The Morgan fingerprint density at radius 2 is 1.86 bits per heavy atom. The average molecular weight is 535 g/mol. The van der Waals surface area contributed by atoms with Gasteiger partial charge in [-0.15, -0.1) is 0 Å². The molecule has 6 unspecified atom stereocenters. The first-order valence-electron chi connectivity index (χ1n) is 13.5. The zero-order valence-electron chi connectivity index (χ0n) is 21.3. The fraction of sp³-hybridized carbons (Fsp3) is 0.750. The molecule has 1 aliphatic heterocycles. The minimum absolute atomic E-state index is 0.0325. The van der Waals surface area contributed by atoms with Gasteiger partial charge < -0.3 is 14.9 Å². The van der Waals surface area contributed by atoms with Crippen LogP contribution in [0.5, 0.6) is 0 Å². The van der Waals surface area contributed by atoms with Gasteiger partial charge in [0.2, 0.25) is 5.60 Å². The van der Waals surface area contributed by atoms with Crippen LogP contribution in [0.25, 0.3) is 0 Å². The Bertz CT molecular complexity index is 1000. The molecule has 2 N–H and O–H groups in total. The van der Waals surface area contributed by atoms with Gasteiger partial charge in [0.1, 0.15) is 5.76 Å². The number of unbranched alkanes of at least 4 members (excludes halogenated alkanes) is 1. The first-order chi connectivity index (χ1) is 17.1. The number of ether oxygens (including phenoxy) is 1. The summed E-state index contributed by atoms with van der Waals surface area (Å²) in [5.74, 6) is 0.169. The quantitative estimate of drug-likeness (QED) is 0.224. The molecular weight excluding hydrogens is 496 g/mol. The molecule has 198 valence electrons. The number of hydrogen-bond donors (Lipinski definition) is 2. The van der Waals surface area contributed by atoms with Crippen LogP contribution in [-0.2, 0) is 19.1 Å². The van der Waals surface area contributed by atoms with Gasteiger partial charge in [-0.05, 0) is 88.5 Å². The van der Waals surface area contributed by atoms with Crippen molar-refractivity contribution in [2.75, 3.05) is 5.75 Å². The van der Waals surface area contributed by atoms with E-state index in [1.54, 1.807) is 6.08 Å². The van der Waals surface area contributed by atoms with E-state index < -0.39 is 28.4 Å². The number of ketones is 1. The van der Waals surface area contributed by atoms with Crippen molar-refractivity contribution in [1.29, 1.82) is 0 Å². The third kappa shape index (κ3) is 4.05. The molecule has 4 aliphatic carbocycles. The summed E-state index contributed by atoms with van der Waals surface area (Å²) >= 11 is 0. The molecule has 5 aliphatic rings. The molecular formula is C28H38O6S2. The summed E-state index contributed by atoms with van der Waals surface area (Å²) in [5, 5.41) is 21.1. The lowest BCUT2D eigenvalue weighted by Gasteiger charge is -2.57. The molecule has 0 radical (unpaired) electrons. The number of carboxylic acid groups (broad SMARTS) is 1. The van der Waals surface area contributed by atoms with Gasteiger partial charge in [-0.3, -0.25) is 9.59 Å². The molecule has 5 rings (SSSR count). The highest BCUT2D eigenvalue weighted by atomic mass is 33.1. The van der Waals surface area contributed by atoms with Crippen molar-refractivity contribution in [3.05, 3.63) is 23.5 Å². The SMILES string of the molecule is CC12C(=O)C=C(O)C=C1CCC1C2CCC2(C)C1CCC2(OC(=O)CCCC[C@@H]1CCSS1)C(=O)O. The third-order valence-electron chi connectivity index (χ3n) is 10.3. The number of esters is 1. The van der Waals surface area contributed by atoms with Crippen LogP contribution in [0.2, 0.25) is 0 Å². The Morgan fingerprint density at radius 1 is 1.08 bits per heavy atom. The van der Waals surface area contributed by atoms with Crippen LogP contribution in [-0.4, -0.2) is 44.5 Å². The summed E-state index contributed by atoms with van der Waals surface area (Å²) in [5.41, 5.74) is -1.79. The molecule has 7 atom stereocenters. The van der Waals surface area contributed by atoms with E-state index in [1.807, 2.05) is 35.4 Å². The van der Waals surface area contributed by atoms with Crippen molar-refractivity contribution in [3.63, 3.8) is 0 Å². The number of aliphatic hydroxyl groups is 1. The van der Waals surface area contributed by atoms with E-state index in [9.17, 15) is 24.6 Å². The first kappa shape index (κ1) is 26.2. The Balaban J connectivity index is 1.30. The predicted octanol–water partition coefficient (Wildman–Crippen LogP) is 6.26. The van der Waals surface area contributed by atoms with Crippen LogP contribution in [0.1, 0.15) is 84.5 Å². The van der Waals surface area contributed by atoms with Gasteiger partial charge in [0.15, 0.2) is 5.78 Å². The van der Waals surface area contributed by atoms with Gasteiger partial charge in [0.05, 0.1) is 5.41 Å². The second-order valence-corrected chi connectivity index (χ2v) is 14.7. The number of aliphatic carboxylic acids is 1. The second kappa shape index (κ2) is 9.72. The monoisotopic (exact) mass is 534 g/mol. The molecule has 1 saturated heterocycles. The number of carboxylic acids is 1. The smallest absolute Gasteiger partial charge is 0.348 e. The Kier molecular flexibility index (Phi) is 7.07. The van der Waals surface area contributed by atoms with Gasteiger partial charge in [0, 0.05) is 28.9 Å². The van der Waals surface area contributed by atoms with Crippen molar-refractivity contribution in [3.8, 4) is 0 Å². The second-order valence-electron chi connectivity index (χ2n) is 11.9. The van der Waals surface area contributed by atoms with E-state index in [0.717, 1.165) is 44.1 Å². The molecule has 0 aromatic heterocycles. The van der Waals surface area contributed by atoms with E-state index in [2.05, 4.69) is 0 Å².